The highest BCUT2D eigenvalue weighted by Gasteiger charge is 2.15. The Morgan fingerprint density at radius 2 is 1.71 bits per heavy atom. The molecule has 1 aromatic carbocycles. The molecule has 2 N–H and O–H groups in total. The molecule has 0 atom stereocenters. The highest BCUT2D eigenvalue weighted by atomic mass is 16.2. The van der Waals surface area contributed by atoms with Crippen molar-refractivity contribution in [2.45, 2.75) is 20.8 Å². The monoisotopic (exact) mass is 283 g/mol. The van der Waals surface area contributed by atoms with Crippen molar-refractivity contribution in [3.8, 4) is 0 Å². The first-order chi connectivity index (χ1) is 9.97. The van der Waals surface area contributed by atoms with Crippen molar-refractivity contribution in [1.29, 1.82) is 0 Å². The van der Waals surface area contributed by atoms with E-state index in [-0.39, 0.29) is 0 Å². The fourth-order valence-corrected chi connectivity index (χ4v) is 1.84. The van der Waals surface area contributed by atoms with Crippen molar-refractivity contribution in [2.75, 3.05) is 10.6 Å². The van der Waals surface area contributed by atoms with Crippen molar-refractivity contribution in [2.24, 2.45) is 0 Å². The molecule has 0 radical (unpaired) electrons. The Labute approximate surface area is 123 Å². The van der Waals surface area contributed by atoms with Crippen LogP contribution >= 0.6 is 0 Å². The number of hydrogen-bond acceptors (Lipinski definition) is 3. The Kier molecular flexibility index (Phi) is 4.33. The molecule has 0 saturated heterocycles. The lowest BCUT2D eigenvalue weighted by Crippen LogP contribution is -2.29. The second-order valence-corrected chi connectivity index (χ2v) is 4.87. The summed E-state index contributed by atoms with van der Waals surface area (Å²) in [4.78, 5) is 27.8. The van der Waals surface area contributed by atoms with E-state index in [1.807, 2.05) is 39.0 Å². The van der Waals surface area contributed by atoms with E-state index >= 15 is 0 Å². The first-order valence-electron chi connectivity index (χ1n) is 6.58. The molecule has 0 fully saturated rings. The minimum absolute atomic E-state index is 0.358. The van der Waals surface area contributed by atoms with Crippen LogP contribution in [0.25, 0.3) is 0 Å². The number of aryl methyl sites for hydroxylation is 2. The van der Waals surface area contributed by atoms with E-state index in [4.69, 9.17) is 0 Å². The summed E-state index contributed by atoms with van der Waals surface area (Å²) in [6.07, 6.45) is 1.58. The average Bonchev–Trinajstić information content (AvgIpc) is 2.44. The summed E-state index contributed by atoms with van der Waals surface area (Å²) in [5.74, 6) is -1.10. The van der Waals surface area contributed by atoms with Crippen molar-refractivity contribution in [3.05, 3.63) is 53.2 Å². The number of carbonyl (C=O) groups excluding carboxylic acids is 2. The van der Waals surface area contributed by atoms with Crippen LogP contribution in [0.5, 0.6) is 0 Å². The number of benzene rings is 1. The summed E-state index contributed by atoms with van der Waals surface area (Å²) in [7, 11) is 0. The Hall–Kier alpha value is -2.69. The van der Waals surface area contributed by atoms with Gasteiger partial charge in [0.05, 0.1) is 0 Å². The molecule has 0 aliphatic rings. The maximum absolute atomic E-state index is 11.9. The average molecular weight is 283 g/mol. The molecule has 108 valence electrons. The van der Waals surface area contributed by atoms with Gasteiger partial charge in [-0.1, -0.05) is 12.1 Å². The molecule has 0 aliphatic carbocycles. The summed E-state index contributed by atoms with van der Waals surface area (Å²) in [6.45, 7) is 5.72. The Morgan fingerprint density at radius 3 is 2.43 bits per heavy atom. The third-order valence-corrected chi connectivity index (χ3v) is 3.22. The third kappa shape index (κ3) is 3.66. The van der Waals surface area contributed by atoms with Gasteiger partial charge in [0, 0.05) is 11.9 Å². The lowest BCUT2D eigenvalue weighted by molar-refractivity contribution is -0.133. The standard InChI is InChI=1S/C16H17N3O2/c1-10-7-8-17-14(9-10)19-16(21)15(20)18-13-6-4-5-11(2)12(13)3/h4-9H,1-3H3,(H,18,20)(H,17,19,21). The van der Waals surface area contributed by atoms with Crippen LogP contribution in [-0.2, 0) is 9.59 Å². The van der Waals surface area contributed by atoms with Crippen LogP contribution in [0.2, 0.25) is 0 Å². The molecule has 5 heteroatoms. The Bertz CT molecular complexity index is 696. The number of nitrogens with one attached hydrogen (secondary N) is 2. The fraction of sp³-hybridized carbons (Fsp3) is 0.188. The lowest BCUT2D eigenvalue weighted by Gasteiger charge is -2.10. The van der Waals surface area contributed by atoms with Crippen LogP contribution in [0.4, 0.5) is 11.5 Å². The molecule has 21 heavy (non-hydrogen) atoms. The maximum Gasteiger partial charge on any atom is 0.315 e. The largest absolute Gasteiger partial charge is 0.318 e. The maximum atomic E-state index is 11.9. The summed E-state index contributed by atoms with van der Waals surface area (Å²) in [5, 5.41) is 5.08. The molecule has 2 aromatic rings. The van der Waals surface area contributed by atoms with E-state index < -0.39 is 11.8 Å². The number of aromatic nitrogens is 1. The molecule has 0 saturated carbocycles. The topological polar surface area (TPSA) is 71.1 Å². The predicted molar refractivity (Wildman–Crippen MR) is 82.1 cm³/mol. The van der Waals surface area contributed by atoms with Crippen LogP contribution in [0.15, 0.2) is 36.5 Å². The van der Waals surface area contributed by atoms with E-state index in [2.05, 4.69) is 15.6 Å². The van der Waals surface area contributed by atoms with Crippen LogP contribution in [0.1, 0.15) is 16.7 Å². The highest BCUT2D eigenvalue weighted by Crippen LogP contribution is 2.17. The zero-order valence-corrected chi connectivity index (χ0v) is 12.2. The molecule has 1 heterocycles. The second-order valence-electron chi connectivity index (χ2n) is 4.87. The van der Waals surface area contributed by atoms with Gasteiger partial charge in [-0.3, -0.25) is 9.59 Å². The smallest absolute Gasteiger partial charge is 0.315 e. The molecule has 2 rings (SSSR count). The summed E-state index contributed by atoms with van der Waals surface area (Å²) >= 11 is 0. The number of anilines is 2. The number of carbonyl (C=O) groups is 2. The molecule has 1 aromatic heterocycles. The van der Waals surface area contributed by atoms with E-state index in [0.717, 1.165) is 16.7 Å². The molecule has 5 nitrogen and oxygen atoms in total. The van der Waals surface area contributed by atoms with Crippen LogP contribution in [0, 0.1) is 20.8 Å². The predicted octanol–water partition coefficient (Wildman–Crippen LogP) is 2.58. The van der Waals surface area contributed by atoms with Gasteiger partial charge in [0.15, 0.2) is 0 Å². The summed E-state index contributed by atoms with van der Waals surface area (Å²) < 4.78 is 0. The Morgan fingerprint density at radius 1 is 1.00 bits per heavy atom. The van der Waals surface area contributed by atoms with Crippen molar-refractivity contribution < 1.29 is 9.59 Å². The van der Waals surface area contributed by atoms with Gasteiger partial charge in [-0.2, -0.15) is 0 Å². The molecule has 0 aliphatic heterocycles. The van der Waals surface area contributed by atoms with E-state index in [9.17, 15) is 9.59 Å². The minimum atomic E-state index is -0.742. The van der Waals surface area contributed by atoms with Gasteiger partial charge in [-0.15, -0.1) is 0 Å². The first-order valence-corrected chi connectivity index (χ1v) is 6.58. The van der Waals surface area contributed by atoms with Gasteiger partial charge >= 0.3 is 11.8 Å². The molecule has 2 amide bonds. The summed E-state index contributed by atoms with van der Waals surface area (Å²) in [5.41, 5.74) is 3.57. The SMILES string of the molecule is Cc1ccnc(NC(=O)C(=O)Nc2cccc(C)c2C)c1. The minimum Gasteiger partial charge on any atom is -0.318 e. The third-order valence-electron chi connectivity index (χ3n) is 3.22. The zero-order valence-electron chi connectivity index (χ0n) is 12.2. The summed E-state index contributed by atoms with van der Waals surface area (Å²) in [6, 6.07) is 9.05. The van der Waals surface area contributed by atoms with Crippen molar-refractivity contribution >= 4 is 23.3 Å². The number of amides is 2. The van der Waals surface area contributed by atoms with Gasteiger partial charge in [0.25, 0.3) is 0 Å². The molecule has 0 spiro atoms. The van der Waals surface area contributed by atoms with Gasteiger partial charge in [-0.05, 0) is 55.7 Å². The van der Waals surface area contributed by atoms with Gasteiger partial charge < -0.3 is 10.6 Å². The number of nitrogens with zero attached hydrogens (tertiary/aromatic N) is 1. The molecular weight excluding hydrogens is 266 g/mol. The molecule has 0 bridgehead atoms. The molecular formula is C16H17N3O2. The van der Waals surface area contributed by atoms with E-state index in [1.165, 1.54) is 0 Å². The normalized spacial score (nSPS) is 10.0. The van der Waals surface area contributed by atoms with Gasteiger partial charge in [0.2, 0.25) is 0 Å². The van der Waals surface area contributed by atoms with Gasteiger partial charge in [-0.25, -0.2) is 4.98 Å². The number of hydrogen-bond donors (Lipinski definition) is 2. The second kappa shape index (κ2) is 6.17. The van der Waals surface area contributed by atoms with E-state index in [0.29, 0.717) is 11.5 Å². The number of pyridine rings is 1. The quantitative estimate of drug-likeness (QED) is 0.832. The van der Waals surface area contributed by atoms with Crippen molar-refractivity contribution in [1.82, 2.24) is 4.98 Å². The van der Waals surface area contributed by atoms with Crippen molar-refractivity contribution in [3.63, 3.8) is 0 Å². The Balaban J connectivity index is 2.06. The zero-order chi connectivity index (χ0) is 15.4. The highest BCUT2D eigenvalue weighted by molar-refractivity contribution is 6.43. The molecule has 0 unspecified atom stereocenters. The first kappa shape index (κ1) is 14.7. The van der Waals surface area contributed by atoms with Gasteiger partial charge in [0.1, 0.15) is 5.82 Å². The number of rotatable bonds is 2. The van der Waals surface area contributed by atoms with E-state index in [1.54, 1.807) is 18.3 Å². The van der Waals surface area contributed by atoms with Crippen LogP contribution < -0.4 is 10.6 Å². The van der Waals surface area contributed by atoms with Crippen LogP contribution in [-0.4, -0.2) is 16.8 Å². The lowest BCUT2D eigenvalue weighted by atomic mass is 10.1. The van der Waals surface area contributed by atoms with Crippen LogP contribution in [0.3, 0.4) is 0 Å². The fourth-order valence-electron chi connectivity index (χ4n) is 1.84.